The van der Waals surface area contributed by atoms with Crippen LogP contribution in [0.4, 0.5) is 31.6 Å². The van der Waals surface area contributed by atoms with E-state index in [4.69, 9.17) is 14.2 Å². The van der Waals surface area contributed by atoms with Crippen molar-refractivity contribution in [2.75, 3.05) is 22.1 Å². The molecule has 12 nitrogen and oxygen atoms in total. The molecule has 3 N–H and O–H groups in total. The average Bonchev–Trinajstić information content (AvgIpc) is 3.03. The van der Waals surface area contributed by atoms with E-state index in [0.717, 1.165) is 21.6 Å². The van der Waals surface area contributed by atoms with E-state index in [1.165, 1.54) is 6.20 Å². The number of carbonyl (C=O) groups is 4. The molecule has 4 aromatic rings. The highest BCUT2D eigenvalue weighted by molar-refractivity contribution is 6.14. The first-order valence-electron chi connectivity index (χ1n) is 16.4. The summed E-state index contributed by atoms with van der Waals surface area (Å²) in [7, 11) is 0. The summed E-state index contributed by atoms with van der Waals surface area (Å²) in [6.07, 6.45) is -0.905. The van der Waals surface area contributed by atoms with Gasteiger partial charge in [-0.1, -0.05) is 43.3 Å². The fourth-order valence-electron chi connectivity index (χ4n) is 5.28. The lowest BCUT2D eigenvalue weighted by molar-refractivity contribution is -0.122. The third-order valence-electron chi connectivity index (χ3n) is 7.62. The summed E-state index contributed by atoms with van der Waals surface area (Å²) >= 11 is 0. The summed E-state index contributed by atoms with van der Waals surface area (Å²) in [6.45, 7) is 12.6. The van der Waals surface area contributed by atoms with E-state index in [2.05, 4.69) is 20.9 Å². The molecule has 262 valence electrons. The van der Waals surface area contributed by atoms with Crippen LogP contribution >= 0.6 is 0 Å². The molecule has 2 atom stereocenters. The van der Waals surface area contributed by atoms with Crippen molar-refractivity contribution in [2.45, 2.75) is 78.2 Å². The number of carbonyl (C=O) groups excluding carboxylic acids is 4. The van der Waals surface area contributed by atoms with Crippen LogP contribution in [0.15, 0.2) is 79.0 Å². The number of hydrogen-bond donors (Lipinski definition) is 3. The molecule has 0 saturated heterocycles. The average molecular weight is 682 g/mol. The Balaban J connectivity index is 1.49. The van der Waals surface area contributed by atoms with Gasteiger partial charge in [0.15, 0.2) is 5.82 Å². The molecule has 0 radical (unpaired) electrons. The van der Waals surface area contributed by atoms with Crippen molar-refractivity contribution in [3.63, 3.8) is 0 Å². The molecule has 0 fully saturated rings. The maximum atomic E-state index is 13.8. The van der Waals surface area contributed by atoms with Crippen molar-refractivity contribution in [1.29, 1.82) is 0 Å². The Bertz CT molecular complexity index is 1870. The van der Waals surface area contributed by atoms with E-state index < -0.39 is 35.5 Å². The van der Waals surface area contributed by atoms with Crippen molar-refractivity contribution >= 4 is 52.2 Å². The number of hydrogen-bond acceptors (Lipinski definition) is 9. The number of imide groups is 1. The van der Waals surface area contributed by atoms with Crippen LogP contribution in [-0.2, 0) is 25.5 Å². The normalized spacial score (nSPS) is 16.9. The summed E-state index contributed by atoms with van der Waals surface area (Å²) < 4.78 is 16.6. The molecule has 0 aliphatic carbocycles. The van der Waals surface area contributed by atoms with Crippen LogP contribution in [0, 0.1) is 0 Å². The quantitative estimate of drug-likeness (QED) is 0.183. The number of fused-ring (bicyclic) bond motifs is 10. The summed E-state index contributed by atoms with van der Waals surface area (Å²) in [4.78, 5) is 58.1. The maximum absolute atomic E-state index is 13.8. The smallest absolute Gasteiger partial charge is 0.425 e. The van der Waals surface area contributed by atoms with Crippen LogP contribution in [0.1, 0.15) is 77.1 Å². The Hall–Kier alpha value is -5.65. The van der Waals surface area contributed by atoms with Gasteiger partial charge in [-0.2, -0.15) is 4.90 Å². The molecule has 2 unspecified atom stereocenters. The van der Waals surface area contributed by atoms with Gasteiger partial charge in [-0.15, -0.1) is 0 Å². The Morgan fingerprint density at radius 2 is 1.54 bits per heavy atom. The van der Waals surface area contributed by atoms with Crippen LogP contribution in [0.3, 0.4) is 0 Å². The zero-order valence-electron chi connectivity index (χ0n) is 29.3. The van der Waals surface area contributed by atoms with Gasteiger partial charge in [0.05, 0.1) is 6.61 Å². The van der Waals surface area contributed by atoms with Gasteiger partial charge in [-0.3, -0.25) is 10.1 Å². The molecule has 3 aromatic carbocycles. The highest BCUT2D eigenvalue weighted by atomic mass is 16.6. The van der Waals surface area contributed by atoms with Crippen molar-refractivity contribution < 1.29 is 33.4 Å². The highest BCUT2D eigenvalue weighted by Gasteiger charge is 2.34. The van der Waals surface area contributed by atoms with E-state index in [1.807, 2.05) is 43.3 Å². The summed E-state index contributed by atoms with van der Waals surface area (Å²) in [5, 5.41) is 10.3. The Morgan fingerprint density at radius 3 is 2.20 bits per heavy atom. The fourth-order valence-corrected chi connectivity index (χ4v) is 5.28. The molecule has 6 rings (SSSR count). The second kappa shape index (κ2) is 14.5. The minimum absolute atomic E-state index is 0.0482. The number of anilines is 3. The van der Waals surface area contributed by atoms with E-state index in [0.29, 0.717) is 22.1 Å². The first kappa shape index (κ1) is 35.7. The topological polar surface area (TPSA) is 148 Å². The number of nitrogens with one attached hydrogen (secondary N) is 3. The SMILES string of the molecule is CC1COC(=O)Nc2cccc(c2)CNC(=O)C(Nc2ccc3c(N(C(=O)OC(C)(C)C)C(=O)OC(C)(C)C)nccc3c2)c2ccc1cc2. The summed E-state index contributed by atoms with van der Waals surface area (Å²) in [5.74, 6) is -0.308. The van der Waals surface area contributed by atoms with Crippen molar-refractivity contribution in [2.24, 2.45) is 0 Å². The van der Waals surface area contributed by atoms with Crippen LogP contribution in [0.25, 0.3) is 10.8 Å². The molecule has 50 heavy (non-hydrogen) atoms. The first-order chi connectivity index (χ1) is 23.6. The van der Waals surface area contributed by atoms with E-state index in [9.17, 15) is 19.2 Å². The first-order valence-corrected chi connectivity index (χ1v) is 16.4. The van der Waals surface area contributed by atoms with Crippen molar-refractivity contribution in [1.82, 2.24) is 10.3 Å². The number of pyridine rings is 1. The minimum Gasteiger partial charge on any atom is -0.449 e. The zero-order valence-corrected chi connectivity index (χ0v) is 29.3. The lowest BCUT2D eigenvalue weighted by Crippen LogP contribution is -2.44. The lowest BCUT2D eigenvalue weighted by atomic mass is 9.97. The molecule has 1 aromatic heterocycles. The third-order valence-corrected chi connectivity index (χ3v) is 7.62. The Kier molecular flexibility index (Phi) is 10.3. The number of rotatable bonds is 3. The molecule has 2 aliphatic rings. The molecule has 4 bridgehead atoms. The number of nitrogens with zero attached hydrogens (tertiary/aromatic N) is 2. The van der Waals surface area contributed by atoms with Gasteiger partial charge in [-0.05, 0) is 100 Å². The molecule has 12 heteroatoms. The third kappa shape index (κ3) is 9.07. The second-order valence-electron chi connectivity index (χ2n) is 14.2. The largest absolute Gasteiger partial charge is 0.449 e. The molecular formula is C38H43N5O7. The van der Waals surface area contributed by atoms with Gasteiger partial charge in [-0.25, -0.2) is 19.4 Å². The van der Waals surface area contributed by atoms with Gasteiger partial charge in [0, 0.05) is 35.4 Å². The standard InChI is InChI=1S/C38H43N5O7/c1-23-22-48-34(45)42-28-10-8-9-24(19-28)21-40-33(44)31(26-13-11-25(23)12-14-26)41-29-15-16-30-27(20-29)17-18-39-32(30)43(35(46)49-37(2,3)4)36(47)50-38(5,6)7/h8-20,23,31,41H,21-22H2,1-7H3,(H,40,44)(H,42,45). The number of aromatic nitrogens is 1. The fraction of sp³-hybridized carbons (Fsp3) is 0.342. The van der Waals surface area contributed by atoms with Crippen molar-refractivity contribution in [3.05, 3.63) is 95.7 Å². The van der Waals surface area contributed by atoms with Crippen LogP contribution < -0.4 is 20.9 Å². The van der Waals surface area contributed by atoms with Crippen LogP contribution in [-0.4, -0.2) is 47.0 Å². The van der Waals surface area contributed by atoms with Gasteiger partial charge in [0.2, 0.25) is 5.91 Å². The maximum Gasteiger partial charge on any atom is 0.425 e. The van der Waals surface area contributed by atoms with Gasteiger partial charge in [0.1, 0.15) is 17.2 Å². The van der Waals surface area contributed by atoms with Gasteiger partial charge < -0.3 is 24.8 Å². The Morgan fingerprint density at radius 1 is 0.880 bits per heavy atom. The predicted molar refractivity (Wildman–Crippen MR) is 191 cm³/mol. The second-order valence-corrected chi connectivity index (χ2v) is 14.2. The molecule has 3 heterocycles. The number of amides is 4. The lowest BCUT2D eigenvalue weighted by Gasteiger charge is -2.28. The molecule has 4 amide bonds. The molecule has 2 aliphatic heterocycles. The number of ether oxygens (including phenoxy) is 3. The Labute approximate surface area is 291 Å². The monoisotopic (exact) mass is 681 g/mol. The van der Waals surface area contributed by atoms with E-state index in [1.54, 1.807) is 77.9 Å². The molecule has 0 saturated carbocycles. The number of benzene rings is 3. The molecule has 0 spiro atoms. The predicted octanol–water partition coefficient (Wildman–Crippen LogP) is 8.05. The summed E-state index contributed by atoms with van der Waals surface area (Å²) in [5.41, 5.74) is 1.85. The van der Waals surface area contributed by atoms with Crippen LogP contribution in [0.5, 0.6) is 0 Å². The van der Waals surface area contributed by atoms with Gasteiger partial charge >= 0.3 is 18.3 Å². The summed E-state index contributed by atoms with van der Waals surface area (Å²) in [6, 6.07) is 21.0. The van der Waals surface area contributed by atoms with Gasteiger partial charge in [0.25, 0.3) is 0 Å². The molecular weight excluding hydrogens is 638 g/mol. The highest BCUT2D eigenvalue weighted by Crippen LogP contribution is 2.31. The zero-order chi connectivity index (χ0) is 36.2. The van der Waals surface area contributed by atoms with Crippen molar-refractivity contribution in [3.8, 4) is 0 Å². The van der Waals surface area contributed by atoms with Crippen LogP contribution in [0.2, 0.25) is 0 Å². The van der Waals surface area contributed by atoms with E-state index in [-0.39, 0.29) is 30.8 Å². The minimum atomic E-state index is -0.922. The van der Waals surface area contributed by atoms with E-state index >= 15 is 0 Å².